The Morgan fingerprint density at radius 2 is 2.00 bits per heavy atom. The average Bonchev–Trinajstić information content (AvgIpc) is 3.35. The van der Waals surface area contributed by atoms with Gasteiger partial charge in [0, 0.05) is 36.5 Å². The summed E-state index contributed by atoms with van der Waals surface area (Å²) in [4.78, 5) is 32.6. The van der Waals surface area contributed by atoms with Crippen LogP contribution in [0.1, 0.15) is 35.3 Å². The maximum atomic E-state index is 13.8. The van der Waals surface area contributed by atoms with Crippen LogP contribution < -0.4 is 0 Å². The fourth-order valence-electron chi connectivity index (χ4n) is 4.14. The smallest absolute Gasteiger partial charge is 0.420 e. The Kier molecular flexibility index (Phi) is 4.92. The van der Waals surface area contributed by atoms with Gasteiger partial charge in [-0.15, -0.1) is 0 Å². The summed E-state index contributed by atoms with van der Waals surface area (Å²) in [7, 11) is 0. The third-order valence-corrected chi connectivity index (χ3v) is 6.45. The van der Waals surface area contributed by atoms with Crippen molar-refractivity contribution >= 4 is 29.1 Å². The Morgan fingerprint density at radius 3 is 2.59 bits per heavy atom. The summed E-state index contributed by atoms with van der Waals surface area (Å²) in [6.45, 7) is 0.516. The number of rotatable bonds is 3. The molecule has 1 aliphatic carbocycles. The Labute approximate surface area is 185 Å². The van der Waals surface area contributed by atoms with Gasteiger partial charge in [0.15, 0.2) is 11.3 Å². The van der Waals surface area contributed by atoms with E-state index in [9.17, 15) is 22.8 Å². The molecule has 1 saturated carbocycles. The van der Waals surface area contributed by atoms with Crippen molar-refractivity contribution in [2.75, 3.05) is 19.6 Å². The standard InChI is InChI=1S/C21H18ClF3N4O3/c22-18-17(20(31)27-5-6-28(16(30)10-27)14-2-1-3-14)26-19-15(21(23,24)25)8-13(9-29(18)19)12-4-7-32-11-12/h4,7-9,11,14H,1-3,5-6,10H2. The Bertz CT molecular complexity index is 1200. The molecule has 1 saturated heterocycles. The molecule has 0 aromatic carbocycles. The first-order valence-electron chi connectivity index (χ1n) is 10.1. The molecular weight excluding hydrogens is 449 g/mol. The fraction of sp³-hybridized carbons (Fsp3) is 0.381. The molecule has 168 valence electrons. The lowest BCUT2D eigenvalue weighted by Crippen LogP contribution is -2.56. The first-order chi connectivity index (χ1) is 15.2. The zero-order chi connectivity index (χ0) is 22.6. The SMILES string of the molecule is O=C(c1nc2c(C(F)(F)F)cc(-c3ccoc3)cn2c1Cl)N1CCN(C2CCC2)C(=O)C1. The molecule has 32 heavy (non-hydrogen) atoms. The highest BCUT2D eigenvalue weighted by Crippen LogP contribution is 2.37. The van der Waals surface area contributed by atoms with Crippen LogP contribution in [0.5, 0.6) is 0 Å². The summed E-state index contributed by atoms with van der Waals surface area (Å²) < 4.78 is 47.4. The van der Waals surface area contributed by atoms with E-state index < -0.39 is 23.3 Å². The second kappa shape index (κ2) is 7.54. The molecule has 7 nitrogen and oxygen atoms in total. The van der Waals surface area contributed by atoms with Gasteiger partial charge in [0.05, 0.1) is 18.1 Å². The topological polar surface area (TPSA) is 71.1 Å². The van der Waals surface area contributed by atoms with Crippen molar-refractivity contribution in [3.63, 3.8) is 0 Å². The Morgan fingerprint density at radius 1 is 1.22 bits per heavy atom. The van der Waals surface area contributed by atoms with E-state index in [-0.39, 0.29) is 41.4 Å². The molecule has 0 radical (unpaired) electrons. The molecule has 0 unspecified atom stereocenters. The third kappa shape index (κ3) is 3.42. The molecule has 0 bridgehead atoms. The van der Waals surface area contributed by atoms with E-state index in [1.807, 2.05) is 0 Å². The summed E-state index contributed by atoms with van der Waals surface area (Å²) in [5.41, 5.74) is -1.18. The predicted octanol–water partition coefficient (Wildman–Crippen LogP) is 4.10. The number of halogens is 4. The van der Waals surface area contributed by atoms with Gasteiger partial charge in [-0.3, -0.25) is 14.0 Å². The number of aromatic nitrogens is 2. The van der Waals surface area contributed by atoms with Crippen LogP contribution in [0.3, 0.4) is 0 Å². The fourth-order valence-corrected chi connectivity index (χ4v) is 4.39. The number of hydrogen-bond donors (Lipinski definition) is 0. The summed E-state index contributed by atoms with van der Waals surface area (Å²) >= 11 is 6.34. The molecule has 5 rings (SSSR count). The third-order valence-electron chi connectivity index (χ3n) is 6.08. The molecule has 4 heterocycles. The second-order valence-corrected chi connectivity index (χ2v) is 8.35. The van der Waals surface area contributed by atoms with Gasteiger partial charge in [0.25, 0.3) is 5.91 Å². The Hall–Kier alpha value is -3.01. The number of amides is 2. The first-order valence-corrected chi connectivity index (χ1v) is 10.5. The van der Waals surface area contributed by atoms with Crippen LogP contribution in [-0.4, -0.2) is 56.7 Å². The Balaban J connectivity index is 1.51. The van der Waals surface area contributed by atoms with Crippen LogP contribution >= 0.6 is 11.6 Å². The van der Waals surface area contributed by atoms with E-state index in [4.69, 9.17) is 16.0 Å². The lowest BCUT2D eigenvalue weighted by Gasteiger charge is -2.42. The van der Waals surface area contributed by atoms with Crippen LogP contribution in [-0.2, 0) is 11.0 Å². The van der Waals surface area contributed by atoms with Crippen molar-refractivity contribution in [3.8, 4) is 11.1 Å². The lowest BCUT2D eigenvalue weighted by atomic mass is 9.91. The number of imidazole rings is 1. The molecular formula is C21H18ClF3N4O3. The van der Waals surface area contributed by atoms with Crippen molar-refractivity contribution in [3.05, 3.63) is 47.3 Å². The predicted molar refractivity (Wildman–Crippen MR) is 108 cm³/mol. The van der Waals surface area contributed by atoms with Crippen molar-refractivity contribution < 1.29 is 27.2 Å². The quantitative estimate of drug-likeness (QED) is 0.582. The van der Waals surface area contributed by atoms with Crippen LogP contribution in [0.15, 0.2) is 35.3 Å². The zero-order valence-electron chi connectivity index (χ0n) is 16.7. The molecule has 3 aromatic heterocycles. The van der Waals surface area contributed by atoms with E-state index in [1.54, 1.807) is 4.90 Å². The van der Waals surface area contributed by atoms with E-state index in [2.05, 4.69) is 4.98 Å². The maximum absolute atomic E-state index is 13.8. The molecule has 0 atom stereocenters. The maximum Gasteiger partial charge on any atom is 0.420 e. The number of pyridine rings is 1. The van der Waals surface area contributed by atoms with Gasteiger partial charge in [0.2, 0.25) is 5.91 Å². The van der Waals surface area contributed by atoms with Crippen LogP contribution in [0.2, 0.25) is 5.15 Å². The van der Waals surface area contributed by atoms with E-state index in [1.165, 1.54) is 29.7 Å². The highest BCUT2D eigenvalue weighted by molar-refractivity contribution is 6.33. The van der Waals surface area contributed by atoms with E-state index in [0.29, 0.717) is 12.1 Å². The van der Waals surface area contributed by atoms with Crippen molar-refractivity contribution in [1.82, 2.24) is 19.2 Å². The van der Waals surface area contributed by atoms with Gasteiger partial charge in [-0.25, -0.2) is 4.98 Å². The molecule has 1 aliphatic heterocycles. The molecule has 0 N–H and O–H groups in total. The van der Waals surface area contributed by atoms with Gasteiger partial charge >= 0.3 is 6.18 Å². The minimum Gasteiger partial charge on any atom is -0.472 e. The lowest BCUT2D eigenvalue weighted by molar-refractivity contribution is -0.139. The van der Waals surface area contributed by atoms with Crippen LogP contribution in [0.25, 0.3) is 16.8 Å². The van der Waals surface area contributed by atoms with Gasteiger partial charge in [0.1, 0.15) is 11.7 Å². The molecule has 11 heteroatoms. The minimum absolute atomic E-state index is 0.147. The first kappa shape index (κ1) is 20.9. The summed E-state index contributed by atoms with van der Waals surface area (Å²) in [6, 6.07) is 2.68. The summed E-state index contributed by atoms with van der Waals surface area (Å²) in [5.74, 6) is -0.842. The highest BCUT2D eigenvalue weighted by atomic mass is 35.5. The van der Waals surface area contributed by atoms with Gasteiger partial charge in [-0.2, -0.15) is 13.2 Å². The largest absolute Gasteiger partial charge is 0.472 e. The number of hydrogen-bond acceptors (Lipinski definition) is 4. The normalized spacial score (nSPS) is 17.8. The molecule has 0 spiro atoms. The average molecular weight is 467 g/mol. The molecule has 3 aromatic rings. The van der Waals surface area contributed by atoms with Gasteiger partial charge in [-0.05, 0) is 31.4 Å². The number of carbonyl (C=O) groups is 2. The second-order valence-electron chi connectivity index (χ2n) is 8.00. The van der Waals surface area contributed by atoms with Gasteiger partial charge in [-0.1, -0.05) is 11.6 Å². The number of piperazine rings is 1. The van der Waals surface area contributed by atoms with Crippen molar-refractivity contribution in [1.29, 1.82) is 0 Å². The number of nitrogens with zero attached hydrogens (tertiary/aromatic N) is 4. The molecule has 2 fully saturated rings. The van der Waals surface area contributed by atoms with Crippen molar-refractivity contribution in [2.24, 2.45) is 0 Å². The molecule has 2 aliphatic rings. The van der Waals surface area contributed by atoms with Crippen LogP contribution in [0.4, 0.5) is 13.2 Å². The van der Waals surface area contributed by atoms with Crippen molar-refractivity contribution in [2.45, 2.75) is 31.5 Å². The van der Waals surface area contributed by atoms with Crippen LogP contribution in [0, 0.1) is 0 Å². The number of furan rings is 1. The summed E-state index contributed by atoms with van der Waals surface area (Å²) in [5, 5.41) is -0.241. The van der Waals surface area contributed by atoms with Gasteiger partial charge < -0.3 is 14.2 Å². The minimum atomic E-state index is -4.72. The number of alkyl halides is 3. The zero-order valence-corrected chi connectivity index (χ0v) is 17.5. The number of carbonyl (C=O) groups excluding carboxylic acids is 2. The molecule has 2 amide bonds. The van der Waals surface area contributed by atoms with E-state index >= 15 is 0 Å². The van der Waals surface area contributed by atoms with E-state index in [0.717, 1.165) is 29.7 Å². The number of fused-ring (bicyclic) bond motifs is 1. The summed E-state index contributed by atoms with van der Waals surface area (Å²) in [6.07, 6.45) is 2.30. The monoisotopic (exact) mass is 466 g/mol. The highest BCUT2D eigenvalue weighted by Gasteiger charge is 2.38.